The van der Waals surface area contributed by atoms with Gasteiger partial charge >= 0.3 is 0 Å². The third-order valence-corrected chi connectivity index (χ3v) is 7.75. The zero-order valence-electron chi connectivity index (χ0n) is 19.1. The lowest BCUT2D eigenvalue weighted by Gasteiger charge is -2.37. The van der Waals surface area contributed by atoms with Crippen LogP contribution in [0.4, 0.5) is 0 Å². The maximum Gasteiger partial charge on any atom is 0.225 e. The Kier molecular flexibility index (Phi) is 8.72. The summed E-state index contributed by atoms with van der Waals surface area (Å²) in [7, 11) is 0. The van der Waals surface area contributed by atoms with Gasteiger partial charge in [-0.1, -0.05) is 13.8 Å². The summed E-state index contributed by atoms with van der Waals surface area (Å²) in [5.41, 5.74) is 0. The number of hydrogen-bond donors (Lipinski definition) is 0. The maximum atomic E-state index is 12.9. The Morgan fingerprint density at radius 1 is 0.733 bits per heavy atom. The van der Waals surface area contributed by atoms with Gasteiger partial charge < -0.3 is 14.7 Å². The van der Waals surface area contributed by atoms with E-state index in [1.165, 1.54) is 0 Å². The van der Waals surface area contributed by atoms with Crippen molar-refractivity contribution in [2.45, 2.75) is 71.6 Å². The summed E-state index contributed by atoms with van der Waals surface area (Å²) in [5, 5.41) is 0. The quantitative estimate of drug-likeness (QED) is 0.637. The van der Waals surface area contributed by atoms with E-state index in [1.54, 1.807) is 0 Å². The number of piperidine rings is 1. The number of Topliss-reactive ketones (excluding diaryl/α,β-unsaturated/α-hetero) is 1. The van der Waals surface area contributed by atoms with Crippen molar-refractivity contribution in [1.82, 2.24) is 14.7 Å². The molecule has 0 aromatic carbocycles. The van der Waals surface area contributed by atoms with Gasteiger partial charge in [0.15, 0.2) is 0 Å². The number of carbonyl (C=O) groups excluding carboxylic acids is 3. The van der Waals surface area contributed by atoms with Crippen LogP contribution in [0.5, 0.6) is 0 Å². The van der Waals surface area contributed by atoms with Crippen molar-refractivity contribution in [2.24, 2.45) is 17.8 Å². The third-order valence-electron chi connectivity index (χ3n) is 7.75. The van der Waals surface area contributed by atoms with E-state index in [2.05, 4.69) is 16.7 Å². The Hall–Kier alpha value is -1.43. The number of likely N-dealkylation sites (N-methyl/N-ethyl adjacent to an activating group) is 1. The summed E-state index contributed by atoms with van der Waals surface area (Å²) in [5.74, 6) is 1.85. The van der Waals surface area contributed by atoms with Gasteiger partial charge in [0, 0.05) is 63.9 Å². The zero-order valence-corrected chi connectivity index (χ0v) is 19.1. The van der Waals surface area contributed by atoms with Gasteiger partial charge in [0.1, 0.15) is 5.78 Å². The van der Waals surface area contributed by atoms with Crippen molar-refractivity contribution < 1.29 is 14.4 Å². The van der Waals surface area contributed by atoms with Crippen molar-refractivity contribution in [1.29, 1.82) is 0 Å². The predicted octanol–water partition coefficient (Wildman–Crippen LogP) is 2.95. The van der Waals surface area contributed by atoms with Crippen LogP contribution >= 0.6 is 0 Å². The number of ketones is 1. The molecule has 0 aromatic rings. The summed E-state index contributed by atoms with van der Waals surface area (Å²) in [4.78, 5) is 43.8. The van der Waals surface area contributed by atoms with E-state index in [4.69, 9.17) is 0 Å². The summed E-state index contributed by atoms with van der Waals surface area (Å²) in [6.07, 6.45) is 7.78. The van der Waals surface area contributed by atoms with Crippen molar-refractivity contribution in [3.05, 3.63) is 0 Å². The first-order valence-corrected chi connectivity index (χ1v) is 12.3. The molecule has 0 N–H and O–H groups in total. The Morgan fingerprint density at radius 2 is 1.33 bits per heavy atom. The van der Waals surface area contributed by atoms with Crippen LogP contribution in [0.3, 0.4) is 0 Å². The summed E-state index contributed by atoms with van der Waals surface area (Å²) >= 11 is 0. The highest BCUT2D eigenvalue weighted by atomic mass is 16.2. The molecule has 2 heterocycles. The van der Waals surface area contributed by atoms with Crippen molar-refractivity contribution in [3.8, 4) is 0 Å². The minimum atomic E-state index is 0.117. The van der Waals surface area contributed by atoms with Crippen LogP contribution in [0.1, 0.15) is 71.6 Å². The van der Waals surface area contributed by atoms with Crippen LogP contribution in [0.15, 0.2) is 0 Å². The number of carbonyl (C=O) groups is 3. The first-order chi connectivity index (χ1) is 14.5. The molecule has 1 aliphatic carbocycles. The van der Waals surface area contributed by atoms with Crippen molar-refractivity contribution in [3.63, 3.8) is 0 Å². The van der Waals surface area contributed by atoms with E-state index < -0.39 is 0 Å². The van der Waals surface area contributed by atoms with Crippen molar-refractivity contribution >= 4 is 17.6 Å². The molecule has 6 heteroatoms. The Bertz CT molecular complexity index is 585. The zero-order chi connectivity index (χ0) is 21.5. The third kappa shape index (κ3) is 6.05. The maximum absolute atomic E-state index is 12.9. The number of nitrogens with zero attached hydrogens (tertiary/aromatic N) is 3. The van der Waals surface area contributed by atoms with Crippen LogP contribution in [-0.2, 0) is 14.4 Å². The van der Waals surface area contributed by atoms with Gasteiger partial charge in [-0.15, -0.1) is 0 Å². The molecule has 0 spiro atoms. The summed E-state index contributed by atoms with van der Waals surface area (Å²) < 4.78 is 0. The highest BCUT2D eigenvalue weighted by molar-refractivity contribution is 5.82. The lowest BCUT2D eigenvalue weighted by atomic mass is 9.78. The van der Waals surface area contributed by atoms with Crippen LogP contribution in [0, 0.1) is 17.8 Å². The minimum Gasteiger partial charge on any atom is -0.342 e. The molecule has 3 fully saturated rings. The average Bonchev–Trinajstić information content (AvgIpc) is 2.82. The first-order valence-electron chi connectivity index (χ1n) is 12.3. The van der Waals surface area contributed by atoms with Gasteiger partial charge in [-0.05, 0) is 57.4 Å². The largest absolute Gasteiger partial charge is 0.342 e. The van der Waals surface area contributed by atoms with Crippen LogP contribution < -0.4 is 0 Å². The molecule has 2 aliphatic heterocycles. The lowest BCUT2D eigenvalue weighted by molar-refractivity contribution is -0.139. The SMILES string of the molecule is CCC(=O)C1CCC(C(=O)N2CCC(CCC(=O)N3CCN(CC)CC3)CC2)CC1. The monoisotopic (exact) mass is 419 g/mol. The normalized spacial score (nSPS) is 26.6. The molecule has 0 bridgehead atoms. The highest BCUT2D eigenvalue weighted by Gasteiger charge is 2.33. The lowest BCUT2D eigenvalue weighted by Crippen LogP contribution is -2.48. The molecule has 2 saturated heterocycles. The molecule has 2 amide bonds. The standard InChI is InChI=1S/C24H41N3O3/c1-3-22(28)20-6-8-21(9-7-20)24(30)27-13-11-19(12-14-27)5-10-23(29)26-17-15-25(4-2)16-18-26/h19-21H,3-18H2,1-2H3. The van der Waals surface area contributed by atoms with Gasteiger partial charge in [0.25, 0.3) is 0 Å². The fourth-order valence-corrected chi connectivity index (χ4v) is 5.45. The molecular formula is C24H41N3O3. The van der Waals surface area contributed by atoms with Crippen molar-refractivity contribution in [2.75, 3.05) is 45.8 Å². The molecule has 30 heavy (non-hydrogen) atoms. The molecule has 0 unspecified atom stereocenters. The van der Waals surface area contributed by atoms with Gasteiger partial charge in [0.05, 0.1) is 0 Å². The van der Waals surface area contributed by atoms with Gasteiger partial charge in [-0.2, -0.15) is 0 Å². The van der Waals surface area contributed by atoms with Crippen LogP contribution in [-0.4, -0.2) is 78.1 Å². The number of piperazine rings is 1. The smallest absolute Gasteiger partial charge is 0.225 e. The number of hydrogen-bond acceptors (Lipinski definition) is 4. The van der Waals surface area contributed by atoms with Crippen LogP contribution in [0.2, 0.25) is 0 Å². The van der Waals surface area contributed by atoms with Gasteiger partial charge in [-0.3, -0.25) is 14.4 Å². The Balaban J connectivity index is 1.33. The molecule has 6 nitrogen and oxygen atoms in total. The summed E-state index contributed by atoms with van der Waals surface area (Å²) in [6, 6.07) is 0. The first kappa shape index (κ1) is 23.2. The minimum absolute atomic E-state index is 0.117. The molecule has 0 radical (unpaired) electrons. The molecule has 1 saturated carbocycles. The number of amides is 2. The van der Waals surface area contributed by atoms with E-state index in [-0.39, 0.29) is 11.8 Å². The fourth-order valence-electron chi connectivity index (χ4n) is 5.45. The van der Waals surface area contributed by atoms with Gasteiger partial charge in [0.2, 0.25) is 11.8 Å². The Labute approximate surface area is 182 Å². The highest BCUT2D eigenvalue weighted by Crippen LogP contribution is 2.32. The van der Waals surface area contributed by atoms with Crippen LogP contribution in [0.25, 0.3) is 0 Å². The van der Waals surface area contributed by atoms with E-state index in [1.807, 2.05) is 11.8 Å². The summed E-state index contributed by atoms with van der Waals surface area (Å²) in [6.45, 7) is 10.6. The van der Waals surface area contributed by atoms with Gasteiger partial charge in [-0.25, -0.2) is 0 Å². The predicted molar refractivity (Wildman–Crippen MR) is 118 cm³/mol. The second-order valence-electron chi connectivity index (χ2n) is 9.49. The molecular weight excluding hydrogens is 378 g/mol. The van der Waals surface area contributed by atoms with E-state index in [0.29, 0.717) is 36.4 Å². The molecule has 3 rings (SSSR count). The van der Waals surface area contributed by atoms with E-state index in [0.717, 1.165) is 90.8 Å². The number of likely N-dealkylation sites (tertiary alicyclic amines) is 1. The molecule has 170 valence electrons. The molecule has 0 aromatic heterocycles. The molecule has 3 aliphatic rings. The number of rotatable bonds is 7. The average molecular weight is 420 g/mol. The second kappa shape index (κ2) is 11.3. The van der Waals surface area contributed by atoms with E-state index >= 15 is 0 Å². The topological polar surface area (TPSA) is 60.9 Å². The second-order valence-corrected chi connectivity index (χ2v) is 9.49. The van der Waals surface area contributed by atoms with E-state index in [9.17, 15) is 14.4 Å². The molecule has 0 atom stereocenters. The Morgan fingerprint density at radius 3 is 1.90 bits per heavy atom. The fraction of sp³-hybridized carbons (Fsp3) is 0.875.